The van der Waals surface area contributed by atoms with Crippen LogP contribution in [0.3, 0.4) is 0 Å². The third kappa shape index (κ3) is 3.16. The molecule has 0 aliphatic heterocycles. The van der Waals surface area contributed by atoms with Crippen LogP contribution in [0.2, 0.25) is 0 Å². The van der Waals surface area contributed by atoms with Gasteiger partial charge in [-0.15, -0.1) is 0 Å². The van der Waals surface area contributed by atoms with Crippen LogP contribution in [0.15, 0.2) is 24.4 Å². The molecule has 0 saturated carbocycles. The summed E-state index contributed by atoms with van der Waals surface area (Å²) in [6.45, 7) is 1.70. The number of ether oxygens (including phenoxy) is 1. The monoisotopic (exact) mass is 275 g/mol. The van der Waals surface area contributed by atoms with Gasteiger partial charge in [0.25, 0.3) is 5.88 Å². The highest BCUT2D eigenvalue weighted by Crippen LogP contribution is 2.27. The third-order valence-electron chi connectivity index (χ3n) is 2.55. The highest BCUT2D eigenvalue weighted by molar-refractivity contribution is 5.47. The van der Waals surface area contributed by atoms with E-state index in [-0.39, 0.29) is 29.8 Å². The van der Waals surface area contributed by atoms with Crippen molar-refractivity contribution in [1.82, 2.24) is 15.0 Å². The minimum absolute atomic E-state index is 0.0547. The van der Waals surface area contributed by atoms with Gasteiger partial charge >= 0.3 is 5.69 Å². The van der Waals surface area contributed by atoms with Gasteiger partial charge in [0, 0.05) is 18.3 Å². The van der Waals surface area contributed by atoms with E-state index in [1.807, 2.05) is 18.2 Å². The molecule has 0 unspecified atom stereocenters. The molecule has 0 spiro atoms. The predicted molar refractivity (Wildman–Crippen MR) is 71.3 cm³/mol. The Bertz CT molecular complexity index is 618. The van der Waals surface area contributed by atoms with Gasteiger partial charge in [-0.25, -0.2) is 4.98 Å². The first-order valence-electron chi connectivity index (χ1n) is 5.89. The molecule has 2 rings (SSSR count). The van der Waals surface area contributed by atoms with Crippen molar-refractivity contribution >= 4 is 11.6 Å². The molecular formula is C12H13N5O3. The first kappa shape index (κ1) is 13.7. The van der Waals surface area contributed by atoms with Gasteiger partial charge in [0.1, 0.15) is 5.69 Å². The van der Waals surface area contributed by atoms with Gasteiger partial charge < -0.3 is 10.5 Å². The number of rotatable bonds is 5. The van der Waals surface area contributed by atoms with E-state index in [1.54, 1.807) is 6.20 Å². The minimum atomic E-state index is -0.578. The second kappa shape index (κ2) is 5.91. The van der Waals surface area contributed by atoms with Gasteiger partial charge in [-0.2, -0.15) is 4.98 Å². The van der Waals surface area contributed by atoms with Crippen LogP contribution in [-0.4, -0.2) is 26.5 Å². The normalized spacial score (nSPS) is 10.2. The maximum atomic E-state index is 11.0. The van der Waals surface area contributed by atoms with Crippen LogP contribution in [-0.2, 0) is 6.42 Å². The van der Waals surface area contributed by atoms with E-state index in [1.165, 1.54) is 6.92 Å². The maximum Gasteiger partial charge on any atom is 0.352 e. The molecule has 0 saturated heterocycles. The van der Waals surface area contributed by atoms with E-state index in [4.69, 9.17) is 10.5 Å². The van der Waals surface area contributed by atoms with Crippen molar-refractivity contribution in [2.75, 3.05) is 12.3 Å². The van der Waals surface area contributed by atoms with E-state index < -0.39 is 4.92 Å². The molecule has 0 radical (unpaired) electrons. The van der Waals surface area contributed by atoms with Gasteiger partial charge in [0.05, 0.1) is 11.5 Å². The highest BCUT2D eigenvalue weighted by atomic mass is 16.6. The standard InChI is InChI=1S/C12H13N5O3/c1-8-10(17(18)19)11(16-12(13)15-8)20-7-5-9-4-2-3-6-14-9/h2-4,6H,5,7H2,1H3,(H2,13,15,16). The second-order valence-electron chi connectivity index (χ2n) is 4.00. The Kier molecular flexibility index (Phi) is 4.04. The number of anilines is 1. The SMILES string of the molecule is Cc1nc(N)nc(OCCc2ccccn2)c1[N+](=O)[O-]. The zero-order chi connectivity index (χ0) is 14.5. The van der Waals surface area contributed by atoms with Crippen LogP contribution in [0.1, 0.15) is 11.4 Å². The number of hydrogen-bond acceptors (Lipinski definition) is 7. The van der Waals surface area contributed by atoms with Crippen molar-refractivity contribution in [2.45, 2.75) is 13.3 Å². The molecule has 0 fully saturated rings. The summed E-state index contributed by atoms with van der Waals surface area (Å²) in [5, 5.41) is 11.0. The predicted octanol–water partition coefficient (Wildman–Crippen LogP) is 1.29. The molecule has 0 atom stereocenters. The number of nitrogens with two attached hydrogens (primary N) is 1. The number of nitrogens with zero attached hydrogens (tertiary/aromatic N) is 4. The molecule has 0 aromatic carbocycles. The van der Waals surface area contributed by atoms with E-state index in [0.29, 0.717) is 6.42 Å². The molecule has 2 N–H and O–H groups in total. The van der Waals surface area contributed by atoms with Crippen LogP contribution >= 0.6 is 0 Å². The lowest BCUT2D eigenvalue weighted by atomic mass is 10.3. The molecule has 20 heavy (non-hydrogen) atoms. The summed E-state index contributed by atoms with van der Waals surface area (Å²) >= 11 is 0. The molecule has 8 nitrogen and oxygen atoms in total. The first-order chi connectivity index (χ1) is 9.58. The summed E-state index contributed by atoms with van der Waals surface area (Å²) in [7, 11) is 0. The fourth-order valence-corrected chi connectivity index (χ4v) is 1.67. The molecule has 0 aliphatic carbocycles. The van der Waals surface area contributed by atoms with Crippen molar-refractivity contribution < 1.29 is 9.66 Å². The van der Waals surface area contributed by atoms with Gasteiger partial charge in [0.15, 0.2) is 0 Å². The van der Waals surface area contributed by atoms with Gasteiger partial charge in [-0.1, -0.05) is 6.07 Å². The maximum absolute atomic E-state index is 11.0. The van der Waals surface area contributed by atoms with Gasteiger partial charge in [-0.3, -0.25) is 15.1 Å². The quantitative estimate of drug-likeness (QED) is 0.645. The highest BCUT2D eigenvalue weighted by Gasteiger charge is 2.22. The zero-order valence-corrected chi connectivity index (χ0v) is 10.8. The molecule has 0 amide bonds. The summed E-state index contributed by atoms with van der Waals surface area (Å²) in [6, 6.07) is 5.51. The van der Waals surface area contributed by atoms with Crippen LogP contribution < -0.4 is 10.5 Å². The van der Waals surface area contributed by atoms with Crippen molar-refractivity contribution in [2.24, 2.45) is 0 Å². The topological polar surface area (TPSA) is 117 Å². The Morgan fingerprint density at radius 3 is 2.85 bits per heavy atom. The first-order valence-corrected chi connectivity index (χ1v) is 5.89. The smallest absolute Gasteiger partial charge is 0.352 e. The Labute approximate surface area is 114 Å². The zero-order valence-electron chi connectivity index (χ0n) is 10.8. The summed E-state index contributed by atoms with van der Waals surface area (Å²) in [5.74, 6) is -0.170. The molecule has 2 heterocycles. The summed E-state index contributed by atoms with van der Waals surface area (Å²) in [6.07, 6.45) is 2.19. The lowest BCUT2D eigenvalue weighted by molar-refractivity contribution is -0.387. The van der Waals surface area contributed by atoms with E-state index in [9.17, 15) is 10.1 Å². The Morgan fingerprint density at radius 2 is 2.20 bits per heavy atom. The van der Waals surface area contributed by atoms with Crippen LogP contribution in [0.4, 0.5) is 11.6 Å². The number of nitrogen functional groups attached to an aromatic ring is 1. The Balaban J connectivity index is 2.11. The Morgan fingerprint density at radius 1 is 1.40 bits per heavy atom. The molecule has 2 aromatic heterocycles. The molecule has 0 bridgehead atoms. The van der Waals surface area contributed by atoms with Crippen molar-refractivity contribution in [3.05, 3.63) is 45.9 Å². The van der Waals surface area contributed by atoms with Crippen molar-refractivity contribution in [3.8, 4) is 5.88 Å². The fourth-order valence-electron chi connectivity index (χ4n) is 1.67. The average Bonchev–Trinajstić information content (AvgIpc) is 2.38. The average molecular weight is 275 g/mol. The van der Waals surface area contributed by atoms with Crippen LogP contribution in [0, 0.1) is 17.0 Å². The largest absolute Gasteiger partial charge is 0.472 e. The molecule has 2 aromatic rings. The van der Waals surface area contributed by atoms with Crippen molar-refractivity contribution in [1.29, 1.82) is 0 Å². The summed E-state index contributed by atoms with van der Waals surface area (Å²) < 4.78 is 5.35. The molecule has 8 heteroatoms. The second-order valence-corrected chi connectivity index (χ2v) is 4.00. The van der Waals surface area contributed by atoms with E-state index >= 15 is 0 Å². The number of pyridine rings is 1. The summed E-state index contributed by atoms with van der Waals surface area (Å²) in [4.78, 5) is 22.1. The number of hydrogen-bond donors (Lipinski definition) is 1. The number of aryl methyl sites for hydroxylation is 1. The minimum Gasteiger partial charge on any atom is -0.472 e. The van der Waals surface area contributed by atoms with Crippen molar-refractivity contribution in [3.63, 3.8) is 0 Å². The summed E-state index contributed by atoms with van der Waals surface area (Å²) in [5.41, 5.74) is 6.21. The third-order valence-corrected chi connectivity index (χ3v) is 2.55. The number of aromatic nitrogens is 3. The fraction of sp³-hybridized carbons (Fsp3) is 0.250. The van der Waals surface area contributed by atoms with Crippen LogP contribution in [0.25, 0.3) is 0 Å². The molecular weight excluding hydrogens is 262 g/mol. The molecule has 0 aliphatic rings. The van der Waals surface area contributed by atoms with Gasteiger partial charge in [-0.05, 0) is 19.1 Å². The van der Waals surface area contributed by atoms with E-state index in [0.717, 1.165) is 5.69 Å². The number of nitro groups is 1. The Hall–Kier alpha value is -2.77. The lowest BCUT2D eigenvalue weighted by Gasteiger charge is -2.07. The van der Waals surface area contributed by atoms with Crippen LogP contribution in [0.5, 0.6) is 5.88 Å². The molecule has 104 valence electrons. The van der Waals surface area contributed by atoms with E-state index in [2.05, 4.69) is 15.0 Å². The van der Waals surface area contributed by atoms with Gasteiger partial charge in [0.2, 0.25) is 5.95 Å². The lowest BCUT2D eigenvalue weighted by Crippen LogP contribution is -2.09.